The van der Waals surface area contributed by atoms with Crippen LogP contribution in [0.25, 0.3) is 33.5 Å². The van der Waals surface area contributed by atoms with Gasteiger partial charge in [-0.05, 0) is 56.0 Å². The lowest BCUT2D eigenvalue weighted by atomic mass is 10.1. The van der Waals surface area contributed by atoms with Crippen molar-refractivity contribution in [1.82, 2.24) is 23.7 Å². The van der Waals surface area contributed by atoms with Crippen molar-refractivity contribution < 1.29 is 8.42 Å². The number of hydrogen-bond acceptors (Lipinski definition) is 6. The van der Waals surface area contributed by atoms with Gasteiger partial charge in [0.1, 0.15) is 0 Å². The average molecular weight is 490 g/mol. The third kappa shape index (κ3) is 3.70. The Kier molecular flexibility index (Phi) is 5.53. The predicted octanol–water partition coefficient (Wildman–Crippen LogP) is 5.07. The van der Waals surface area contributed by atoms with Crippen molar-refractivity contribution in [3.05, 3.63) is 78.1 Å². The number of aryl methyl sites for hydroxylation is 3. The van der Waals surface area contributed by atoms with Crippen LogP contribution in [0.1, 0.15) is 11.1 Å². The van der Waals surface area contributed by atoms with Gasteiger partial charge in [0.05, 0.1) is 33.7 Å². The van der Waals surface area contributed by atoms with Crippen LogP contribution >= 0.6 is 11.8 Å². The molecule has 0 amide bonds. The number of benzene rings is 2. The minimum Gasteiger partial charge on any atom is -0.266 e. The third-order valence-corrected chi connectivity index (χ3v) is 8.06. The summed E-state index contributed by atoms with van der Waals surface area (Å²) in [6.07, 6.45) is 5.35. The van der Waals surface area contributed by atoms with Crippen molar-refractivity contribution in [2.24, 2.45) is 7.05 Å². The van der Waals surface area contributed by atoms with Gasteiger partial charge in [0.2, 0.25) is 0 Å². The fraction of sp³-hybridized carbons (Fsp3) is 0.160. The second kappa shape index (κ2) is 8.41. The van der Waals surface area contributed by atoms with Crippen LogP contribution in [0.3, 0.4) is 0 Å². The van der Waals surface area contributed by atoms with Gasteiger partial charge in [-0.25, -0.2) is 22.4 Å². The summed E-state index contributed by atoms with van der Waals surface area (Å²) < 4.78 is 29.9. The summed E-state index contributed by atoms with van der Waals surface area (Å²) in [4.78, 5) is 9.70. The highest BCUT2D eigenvalue weighted by atomic mass is 32.2. The zero-order valence-electron chi connectivity index (χ0n) is 19.2. The molecule has 0 aliphatic rings. The summed E-state index contributed by atoms with van der Waals surface area (Å²) in [6, 6.07) is 16.3. The molecule has 7 nitrogen and oxygen atoms in total. The topological polar surface area (TPSA) is 82.7 Å². The second-order valence-corrected chi connectivity index (χ2v) is 10.7. The Hall–Kier alpha value is -3.43. The number of aromatic nitrogens is 5. The summed E-state index contributed by atoms with van der Waals surface area (Å²) in [5, 5.41) is 5.78. The van der Waals surface area contributed by atoms with Crippen molar-refractivity contribution in [3.63, 3.8) is 0 Å². The molecule has 172 valence electrons. The summed E-state index contributed by atoms with van der Waals surface area (Å²) in [7, 11) is -1.85. The van der Waals surface area contributed by atoms with Gasteiger partial charge in [0.25, 0.3) is 10.0 Å². The number of hydrogen-bond donors (Lipinski definition) is 0. The van der Waals surface area contributed by atoms with Crippen LogP contribution in [-0.2, 0) is 17.1 Å². The maximum Gasteiger partial charge on any atom is 0.268 e. The maximum atomic E-state index is 13.4. The van der Waals surface area contributed by atoms with Crippen molar-refractivity contribution in [3.8, 4) is 22.6 Å². The van der Waals surface area contributed by atoms with Crippen LogP contribution < -0.4 is 0 Å². The van der Waals surface area contributed by atoms with E-state index in [-0.39, 0.29) is 4.90 Å². The maximum absolute atomic E-state index is 13.4. The van der Waals surface area contributed by atoms with Crippen molar-refractivity contribution in [2.45, 2.75) is 23.9 Å². The van der Waals surface area contributed by atoms with E-state index in [4.69, 9.17) is 9.97 Å². The lowest BCUT2D eigenvalue weighted by Gasteiger charge is -2.11. The average Bonchev–Trinajstić information content (AvgIpc) is 3.42. The lowest BCUT2D eigenvalue weighted by molar-refractivity contribution is 0.589. The number of thioether (sulfide) groups is 1. The first-order valence-electron chi connectivity index (χ1n) is 10.6. The molecule has 0 fully saturated rings. The molecule has 5 rings (SSSR count). The molecule has 9 heteroatoms. The van der Waals surface area contributed by atoms with E-state index in [0.717, 1.165) is 39.2 Å². The molecule has 0 N–H and O–H groups in total. The smallest absolute Gasteiger partial charge is 0.266 e. The summed E-state index contributed by atoms with van der Waals surface area (Å²) in [6.45, 7) is 3.93. The monoisotopic (exact) mass is 489 g/mol. The standard InChI is InChI=1S/C25H23N5O2S2/c1-16-8-10-18(11-9-16)34(31,32)30-13-12-20-19(6-5-7-23(20)30)21-14-22(28-25(27-21)33-4)24-17(2)15-26-29(24)3/h5-15H,1-4H3. The quantitative estimate of drug-likeness (QED) is 0.253. The number of nitrogens with zero attached hydrogens (tertiary/aromatic N) is 5. The van der Waals surface area contributed by atoms with Crippen LogP contribution in [0.2, 0.25) is 0 Å². The minimum absolute atomic E-state index is 0.252. The summed E-state index contributed by atoms with van der Waals surface area (Å²) in [5.74, 6) is 0. The van der Waals surface area contributed by atoms with E-state index in [1.165, 1.54) is 15.7 Å². The fourth-order valence-electron chi connectivity index (χ4n) is 4.09. The van der Waals surface area contributed by atoms with E-state index in [9.17, 15) is 8.42 Å². The molecule has 5 aromatic rings. The van der Waals surface area contributed by atoms with E-state index in [2.05, 4.69) is 5.10 Å². The predicted molar refractivity (Wildman–Crippen MR) is 135 cm³/mol. The van der Waals surface area contributed by atoms with Gasteiger partial charge < -0.3 is 0 Å². The molecular weight excluding hydrogens is 466 g/mol. The number of rotatable bonds is 5. The Morgan fingerprint density at radius 2 is 1.68 bits per heavy atom. The second-order valence-electron chi connectivity index (χ2n) is 8.09. The molecule has 34 heavy (non-hydrogen) atoms. The van der Waals surface area contributed by atoms with E-state index >= 15 is 0 Å². The van der Waals surface area contributed by atoms with Crippen LogP contribution in [-0.4, -0.2) is 38.4 Å². The SMILES string of the molecule is CSc1nc(-c2cccc3c2ccn3S(=O)(=O)c2ccc(C)cc2)cc(-c2c(C)cnn2C)n1. The van der Waals surface area contributed by atoms with Gasteiger partial charge in [0.15, 0.2) is 5.16 Å². The Morgan fingerprint density at radius 1 is 0.941 bits per heavy atom. The molecule has 0 aliphatic carbocycles. The van der Waals surface area contributed by atoms with Crippen molar-refractivity contribution in [1.29, 1.82) is 0 Å². The zero-order chi connectivity index (χ0) is 24.0. The van der Waals surface area contributed by atoms with Crippen molar-refractivity contribution >= 4 is 32.7 Å². The molecule has 0 spiro atoms. The third-order valence-electron chi connectivity index (χ3n) is 5.80. The van der Waals surface area contributed by atoms with Gasteiger partial charge in [-0.15, -0.1) is 0 Å². The van der Waals surface area contributed by atoms with Gasteiger partial charge in [-0.1, -0.05) is 41.6 Å². The van der Waals surface area contributed by atoms with Crippen LogP contribution in [0.4, 0.5) is 0 Å². The molecular formula is C25H23N5O2S2. The van der Waals surface area contributed by atoms with Crippen LogP contribution in [0, 0.1) is 13.8 Å². The van der Waals surface area contributed by atoms with Gasteiger partial charge in [-0.3, -0.25) is 4.68 Å². The first-order valence-corrected chi connectivity index (χ1v) is 13.3. The molecule has 0 unspecified atom stereocenters. The van der Waals surface area contributed by atoms with Gasteiger partial charge >= 0.3 is 0 Å². The van der Waals surface area contributed by atoms with Crippen LogP contribution in [0.15, 0.2) is 77.0 Å². The van der Waals surface area contributed by atoms with Gasteiger partial charge in [0, 0.05) is 24.2 Å². The molecule has 0 aliphatic heterocycles. The highest BCUT2D eigenvalue weighted by Gasteiger charge is 2.21. The van der Waals surface area contributed by atoms with Crippen molar-refractivity contribution in [2.75, 3.05) is 6.26 Å². The van der Waals surface area contributed by atoms with E-state index in [0.29, 0.717) is 10.7 Å². The zero-order valence-corrected chi connectivity index (χ0v) is 20.9. The highest BCUT2D eigenvalue weighted by molar-refractivity contribution is 7.98. The first-order chi connectivity index (χ1) is 16.3. The fourth-order valence-corrected chi connectivity index (χ4v) is 5.82. The van der Waals surface area contributed by atoms with E-state index in [1.807, 2.05) is 63.7 Å². The van der Waals surface area contributed by atoms with E-state index < -0.39 is 10.0 Å². The van der Waals surface area contributed by atoms with E-state index in [1.54, 1.807) is 35.1 Å². The molecule has 2 aromatic carbocycles. The Balaban J connectivity index is 1.69. The minimum atomic E-state index is -3.74. The molecule has 0 saturated carbocycles. The normalized spacial score (nSPS) is 11.9. The highest BCUT2D eigenvalue weighted by Crippen LogP contribution is 2.33. The molecule has 0 bridgehead atoms. The molecule has 0 radical (unpaired) electrons. The van der Waals surface area contributed by atoms with Crippen LogP contribution in [0.5, 0.6) is 0 Å². The Labute approximate surface area is 202 Å². The molecule has 0 atom stereocenters. The summed E-state index contributed by atoms with van der Waals surface area (Å²) in [5.41, 5.74) is 5.89. The largest absolute Gasteiger partial charge is 0.268 e. The molecule has 0 saturated heterocycles. The first kappa shape index (κ1) is 22.4. The molecule has 3 heterocycles. The summed E-state index contributed by atoms with van der Waals surface area (Å²) >= 11 is 1.46. The molecule has 3 aromatic heterocycles. The lowest BCUT2D eigenvalue weighted by Crippen LogP contribution is -2.11. The van der Waals surface area contributed by atoms with Gasteiger partial charge in [-0.2, -0.15) is 5.10 Å². The Bertz CT molecular complexity index is 1610. The Morgan fingerprint density at radius 3 is 2.35 bits per heavy atom. The number of fused-ring (bicyclic) bond motifs is 1.